The number of aromatic nitrogens is 2. The van der Waals surface area contributed by atoms with Crippen LogP contribution in [0.15, 0.2) is 39.3 Å². The number of ketones is 1. The van der Waals surface area contributed by atoms with Crippen molar-refractivity contribution in [2.45, 2.75) is 84.4 Å². The Kier molecular flexibility index (Phi) is 13.8. The quantitative estimate of drug-likeness (QED) is 0.0719. The molecule has 2 atom stereocenters. The second-order valence-corrected chi connectivity index (χ2v) is 14.8. The van der Waals surface area contributed by atoms with Gasteiger partial charge in [0, 0.05) is 23.0 Å². The first-order valence-corrected chi connectivity index (χ1v) is 17.4. The number of para-hydroxylation sites is 1. The number of thiazole rings is 2. The Morgan fingerprint density at radius 2 is 1.66 bits per heavy atom. The van der Waals surface area contributed by atoms with Crippen molar-refractivity contribution in [2.75, 3.05) is 5.73 Å². The Morgan fingerprint density at radius 1 is 1.02 bits per heavy atom. The number of hydrogen-bond acceptors (Lipinski definition) is 17. The number of carboxylic acid groups (broad SMARTS) is 3. The number of fused-ring (bicyclic) bond motifs is 1. The number of carbonyl (C=O) groups excluding carboxylic acids is 2. The largest absolute Gasteiger partial charge is 0.535 e. The molecule has 0 bridgehead atoms. The number of carboxylic acids is 3. The molecule has 2 aromatic heterocycles. The number of ether oxygens (including phenoxy) is 1. The predicted molar refractivity (Wildman–Crippen MR) is 192 cm³/mol. The summed E-state index contributed by atoms with van der Waals surface area (Å²) in [6.07, 6.45) is -1.08. The van der Waals surface area contributed by atoms with Crippen molar-refractivity contribution >= 4 is 76.0 Å². The smallest absolute Gasteiger partial charge is 0.526 e. The summed E-state index contributed by atoms with van der Waals surface area (Å²) >= 11 is 2.36. The molecular formula is C32H38BN5O13S2. The predicted octanol–water partition coefficient (Wildman–Crippen LogP) is 3.44. The summed E-state index contributed by atoms with van der Waals surface area (Å²) in [6, 6.07) is 4.56. The number of oxime groups is 2. The van der Waals surface area contributed by atoms with Crippen molar-refractivity contribution in [1.82, 2.24) is 9.97 Å². The topological polar surface area (TPSA) is 280 Å². The van der Waals surface area contributed by atoms with E-state index in [0.717, 1.165) is 11.3 Å². The van der Waals surface area contributed by atoms with E-state index in [1.54, 1.807) is 45.2 Å². The van der Waals surface area contributed by atoms with E-state index in [-0.39, 0.29) is 52.1 Å². The van der Waals surface area contributed by atoms with Crippen LogP contribution in [-0.4, -0.2) is 95.8 Å². The maximum absolute atomic E-state index is 13.0. The van der Waals surface area contributed by atoms with Crippen molar-refractivity contribution in [3.63, 3.8) is 0 Å². The highest BCUT2D eigenvalue weighted by Crippen LogP contribution is 2.36. The summed E-state index contributed by atoms with van der Waals surface area (Å²) in [6.45, 7) is 10.9. The Morgan fingerprint density at radius 3 is 2.19 bits per heavy atom. The summed E-state index contributed by atoms with van der Waals surface area (Å²) in [5.74, 6) is -5.62. The fourth-order valence-corrected chi connectivity index (χ4v) is 5.37. The van der Waals surface area contributed by atoms with Gasteiger partial charge >= 0.3 is 31.0 Å². The number of esters is 1. The second kappa shape index (κ2) is 17.4. The van der Waals surface area contributed by atoms with E-state index in [0.29, 0.717) is 10.6 Å². The molecule has 3 aromatic rings. The maximum atomic E-state index is 13.0. The Balaban J connectivity index is 0.000000313. The molecular weight excluding hydrogens is 737 g/mol. The average Bonchev–Trinajstić information content (AvgIpc) is 3.68. The lowest BCUT2D eigenvalue weighted by atomic mass is 9.64. The molecule has 0 fully saturated rings. The molecule has 0 radical (unpaired) electrons. The van der Waals surface area contributed by atoms with Crippen LogP contribution in [0.4, 0.5) is 5.13 Å². The number of nitrogens with zero attached hydrogens (tertiary/aromatic N) is 4. The third kappa shape index (κ3) is 11.8. The van der Waals surface area contributed by atoms with Gasteiger partial charge in [-0.15, -0.1) is 22.7 Å². The molecule has 1 unspecified atom stereocenters. The van der Waals surface area contributed by atoms with Crippen LogP contribution in [0, 0.1) is 6.92 Å². The number of anilines is 1. The van der Waals surface area contributed by atoms with E-state index < -0.39 is 59.9 Å². The van der Waals surface area contributed by atoms with Gasteiger partial charge in [0.15, 0.2) is 16.6 Å². The first kappa shape index (κ1) is 42.0. The zero-order valence-electron chi connectivity index (χ0n) is 29.7. The van der Waals surface area contributed by atoms with Crippen molar-refractivity contribution in [3.05, 3.63) is 56.5 Å². The lowest BCUT2D eigenvalue weighted by Gasteiger charge is -2.28. The van der Waals surface area contributed by atoms with E-state index in [9.17, 15) is 39.2 Å². The summed E-state index contributed by atoms with van der Waals surface area (Å²) in [5, 5.41) is 49.2. The molecule has 53 heavy (non-hydrogen) atoms. The Bertz CT molecular complexity index is 1920. The van der Waals surface area contributed by atoms with E-state index in [1.807, 2.05) is 0 Å². The SMILES string of the molecule is CC(C)(O/N=C(\C(=O)C[C@H]1Cc2cccc(C(=O)O)c2OB1O)c1csc(N)n1)C(=O)O.Cc1nc(/C(=N/OC(C)C(=O)OC(C)(C)C)C(=O)O)cs1. The van der Waals surface area contributed by atoms with E-state index in [2.05, 4.69) is 20.3 Å². The molecule has 0 aliphatic carbocycles. The van der Waals surface area contributed by atoms with Crippen LogP contribution in [-0.2, 0) is 40.0 Å². The minimum atomic E-state index is -1.70. The van der Waals surface area contributed by atoms with Crippen LogP contribution in [0.3, 0.4) is 0 Å². The standard InChI is InChI=1S/C19H20BN3O8S.C13H18N2O5S/c1-19(2,17(27)28)31-23-14(12-8-32-18(21)22-12)13(24)7-10-6-9-4-3-5-11(16(25)26)15(9)30-20(10)29;1-7(12(18)19-13(3,4)5)20-15-10(11(16)17)9-6-21-8(2)14-9/h3-5,8,10,29H,6-7H2,1-2H3,(H2,21,22)(H,25,26)(H,27,28);6-7H,1-5H3,(H,16,17)/b23-14-;15-10-/t10-;/m1./s1. The van der Waals surface area contributed by atoms with E-state index >= 15 is 0 Å². The number of aliphatic carboxylic acids is 2. The fraction of sp³-hybridized carbons (Fsp3) is 0.406. The molecule has 1 aromatic carbocycles. The van der Waals surface area contributed by atoms with Gasteiger partial charge in [0.2, 0.25) is 17.4 Å². The molecule has 0 spiro atoms. The number of nitrogens with two attached hydrogens (primary N) is 1. The molecule has 21 heteroatoms. The first-order chi connectivity index (χ1) is 24.6. The van der Waals surface area contributed by atoms with Crippen molar-refractivity contribution in [3.8, 4) is 5.75 Å². The number of nitrogen functional groups attached to an aromatic ring is 1. The number of hydrogen-bond donors (Lipinski definition) is 5. The third-order valence-electron chi connectivity index (χ3n) is 6.91. The monoisotopic (exact) mass is 775 g/mol. The van der Waals surface area contributed by atoms with Crippen LogP contribution in [0.1, 0.15) is 80.3 Å². The van der Waals surface area contributed by atoms with Gasteiger partial charge in [0.25, 0.3) is 0 Å². The van der Waals surface area contributed by atoms with Crippen LogP contribution in [0.2, 0.25) is 5.82 Å². The maximum Gasteiger partial charge on any atom is 0.526 e. The van der Waals surface area contributed by atoms with Gasteiger partial charge in [0.05, 0.1) is 10.6 Å². The van der Waals surface area contributed by atoms with Gasteiger partial charge in [0.1, 0.15) is 22.7 Å². The van der Waals surface area contributed by atoms with Gasteiger partial charge in [-0.25, -0.2) is 29.1 Å². The average molecular weight is 776 g/mol. The van der Waals surface area contributed by atoms with Crippen molar-refractivity contribution in [2.24, 2.45) is 10.3 Å². The summed E-state index contributed by atoms with van der Waals surface area (Å²) < 4.78 is 10.5. The van der Waals surface area contributed by atoms with E-state index in [1.165, 1.54) is 43.6 Å². The Labute approximate surface area is 311 Å². The van der Waals surface area contributed by atoms with Crippen LogP contribution >= 0.6 is 22.7 Å². The lowest BCUT2D eigenvalue weighted by molar-refractivity contribution is -0.167. The van der Waals surface area contributed by atoms with Gasteiger partial charge in [-0.3, -0.25) is 4.79 Å². The zero-order chi connectivity index (χ0) is 39.8. The van der Waals surface area contributed by atoms with Gasteiger partial charge in [-0.1, -0.05) is 22.4 Å². The molecule has 284 valence electrons. The molecule has 6 N–H and O–H groups in total. The highest BCUT2D eigenvalue weighted by Gasteiger charge is 2.39. The minimum absolute atomic E-state index is 0.0592. The molecule has 4 rings (SSSR count). The number of benzene rings is 1. The van der Waals surface area contributed by atoms with Crippen LogP contribution in [0.5, 0.6) is 5.75 Å². The lowest BCUT2D eigenvalue weighted by Crippen LogP contribution is -2.37. The number of carbonyl (C=O) groups is 5. The number of aryl methyl sites for hydroxylation is 1. The molecule has 1 aliphatic heterocycles. The molecule has 1 aliphatic rings. The molecule has 0 saturated carbocycles. The normalized spacial score (nSPS) is 15.2. The zero-order valence-corrected chi connectivity index (χ0v) is 31.3. The van der Waals surface area contributed by atoms with Crippen molar-refractivity contribution < 1.29 is 63.4 Å². The van der Waals surface area contributed by atoms with Gasteiger partial charge < -0.3 is 45.1 Å². The molecule has 18 nitrogen and oxygen atoms in total. The van der Waals surface area contributed by atoms with Gasteiger partial charge in [-0.2, -0.15) is 0 Å². The van der Waals surface area contributed by atoms with Crippen LogP contribution < -0.4 is 10.4 Å². The van der Waals surface area contributed by atoms with Crippen molar-refractivity contribution in [1.29, 1.82) is 0 Å². The second-order valence-electron chi connectivity index (χ2n) is 12.9. The molecule has 0 amide bonds. The first-order valence-electron chi connectivity index (χ1n) is 15.7. The number of rotatable bonds is 13. The summed E-state index contributed by atoms with van der Waals surface area (Å²) in [4.78, 5) is 76.6. The van der Waals surface area contributed by atoms with E-state index in [4.69, 9.17) is 29.9 Å². The molecule has 0 saturated heterocycles. The Hall–Kier alpha value is -5.41. The van der Waals surface area contributed by atoms with Gasteiger partial charge in [-0.05, 0) is 66.5 Å². The highest BCUT2D eigenvalue weighted by molar-refractivity contribution is 7.13. The summed E-state index contributed by atoms with van der Waals surface area (Å²) in [7, 11) is -1.44. The highest BCUT2D eigenvalue weighted by atomic mass is 32.1. The number of Topliss-reactive ketones (excluding diaryl/α,β-unsaturated/α-hetero) is 1. The van der Waals surface area contributed by atoms with Crippen LogP contribution in [0.25, 0.3) is 0 Å². The number of aromatic carboxylic acids is 1. The minimum Gasteiger partial charge on any atom is -0.535 e. The third-order valence-corrected chi connectivity index (χ3v) is 8.36. The summed E-state index contributed by atoms with van der Waals surface area (Å²) in [5.41, 5.74) is 3.44. The molecule has 3 heterocycles. The fourth-order valence-electron chi connectivity index (χ4n) is 4.22.